The maximum Gasteiger partial charge on any atom is 0.262 e. The minimum Gasteiger partial charge on any atom is -0.508 e. The SMILES string of the molecule is NCCCNCCCCN1C(=O)c2c(c3ccc4ccc(O)cc4c3c3c2ccc2ccc(O)cc23)C1=O. The molecule has 0 aliphatic carbocycles. The zero-order chi connectivity index (χ0) is 26.4. The molecule has 0 saturated carbocycles. The summed E-state index contributed by atoms with van der Waals surface area (Å²) in [6, 6.07) is 18.0. The number of aromatic hydroxyl groups is 2. The Morgan fingerprint density at radius 1 is 0.658 bits per heavy atom. The van der Waals surface area contributed by atoms with E-state index in [2.05, 4.69) is 5.32 Å². The van der Waals surface area contributed by atoms with Crippen LogP contribution in [-0.2, 0) is 0 Å². The fraction of sp³-hybridized carbons (Fsp3) is 0.226. The van der Waals surface area contributed by atoms with E-state index in [1.165, 1.54) is 4.90 Å². The highest BCUT2D eigenvalue weighted by Crippen LogP contribution is 2.44. The number of nitrogens with one attached hydrogen (secondary N) is 1. The molecule has 5 N–H and O–H groups in total. The van der Waals surface area contributed by atoms with Gasteiger partial charge in [0.25, 0.3) is 11.8 Å². The fourth-order valence-corrected chi connectivity index (χ4v) is 5.72. The van der Waals surface area contributed by atoms with Gasteiger partial charge >= 0.3 is 0 Å². The lowest BCUT2D eigenvalue weighted by Crippen LogP contribution is -2.31. The van der Waals surface area contributed by atoms with E-state index in [4.69, 9.17) is 5.73 Å². The number of hydrogen-bond acceptors (Lipinski definition) is 6. The third kappa shape index (κ3) is 3.83. The minimum atomic E-state index is -0.288. The van der Waals surface area contributed by atoms with Crippen molar-refractivity contribution >= 4 is 54.9 Å². The molecule has 5 aromatic carbocycles. The van der Waals surface area contributed by atoms with Gasteiger partial charge in [0.2, 0.25) is 0 Å². The predicted molar refractivity (Wildman–Crippen MR) is 151 cm³/mol. The number of hydrogen-bond donors (Lipinski definition) is 4. The van der Waals surface area contributed by atoms with Crippen molar-refractivity contribution in [3.8, 4) is 11.5 Å². The van der Waals surface area contributed by atoms with Crippen LogP contribution in [0.4, 0.5) is 0 Å². The average molecular weight is 508 g/mol. The Morgan fingerprint density at radius 3 is 1.68 bits per heavy atom. The van der Waals surface area contributed by atoms with Gasteiger partial charge in [0.05, 0.1) is 11.1 Å². The number of rotatable bonds is 8. The van der Waals surface area contributed by atoms with Crippen LogP contribution in [0.1, 0.15) is 40.0 Å². The summed E-state index contributed by atoms with van der Waals surface area (Å²) in [5.41, 5.74) is 6.34. The molecule has 0 unspecified atom stereocenters. The Bertz CT molecular complexity index is 1640. The Balaban J connectivity index is 1.54. The third-order valence-electron chi connectivity index (χ3n) is 7.51. The molecule has 7 nitrogen and oxygen atoms in total. The maximum absolute atomic E-state index is 13.8. The Morgan fingerprint density at radius 2 is 1.16 bits per heavy atom. The van der Waals surface area contributed by atoms with Crippen LogP contribution in [-0.4, -0.2) is 53.1 Å². The van der Waals surface area contributed by atoms with Crippen molar-refractivity contribution in [3.63, 3.8) is 0 Å². The number of benzene rings is 5. The molecule has 0 atom stereocenters. The summed E-state index contributed by atoms with van der Waals surface area (Å²) in [5.74, 6) is -0.344. The zero-order valence-corrected chi connectivity index (χ0v) is 21.0. The van der Waals surface area contributed by atoms with Crippen molar-refractivity contribution in [1.29, 1.82) is 0 Å². The summed E-state index contributed by atoms with van der Waals surface area (Å²) in [6.07, 6.45) is 2.45. The number of carbonyl (C=O) groups is 2. The lowest BCUT2D eigenvalue weighted by Gasteiger charge is -2.14. The third-order valence-corrected chi connectivity index (χ3v) is 7.51. The van der Waals surface area contributed by atoms with Gasteiger partial charge in [-0.1, -0.05) is 36.4 Å². The molecular formula is C31H29N3O4. The number of imide groups is 1. The summed E-state index contributed by atoms with van der Waals surface area (Å²) in [5, 5.41) is 30.4. The van der Waals surface area contributed by atoms with Gasteiger partial charge in [0.15, 0.2) is 0 Å². The molecule has 0 spiro atoms. The molecule has 0 bridgehead atoms. The van der Waals surface area contributed by atoms with Gasteiger partial charge in [-0.25, -0.2) is 0 Å². The van der Waals surface area contributed by atoms with E-state index in [0.717, 1.165) is 58.2 Å². The molecule has 0 aromatic heterocycles. The smallest absolute Gasteiger partial charge is 0.262 e. The van der Waals surface area contributed by atoms with Crippen molar-refractivity contribution in [2.75, 3.05) is 26.2 Å². The molecule has 2 amide bonds. The van der Waals surface area contributed by atoms with Gasteiger partial charge in [-0.05, 0) is 106 Å². The topological polar surface area (TPSA) is 116 Å². The number of nitrogens with zero attached hydrogens (tertiary/aromatic N) is 1. The highest BCUT2D eigenvalue weighted by atomic mass is 16.3. The summed E-state index contributed by atoms with van der Waals surface area (Å²) < 4.78 is 0. The van der Waals surface area contributed by atoms with Gasteiger partial charge in [-0.3, -0.25) is 14.5 Å². The maximum atomic E-state index is 13.8. The average Bonchev–Trinajstić information content (AvgIpc) is 3.17. The molecule has 1 aliphatic heterocycles. The fourth-order valence-electron chi connectivity index (χ4n) is 5.72. The second-order valence-electron chi connectivity index (χ2n) is 9.90. The van der Waals surface area contributed by atoms with Gasteiger partial charge < -0.3 is 21.3 Å². The van der Waals surface area contributed by atoms with Gasteiger partial charge in [0, 0.05) is 6.54 Å². The molecule has 0 fully saturated rings. The first-order valence-corrected chi connectivity index (χ1v) is 13.0. The van der Waals surface area contributed by atoms with Crippen LogP contribution in [0.15, 0.2) is 60.7 Å². The first-order chi connectivity index (χ1) is 18.5. The molecule has 38 heavy (non-hydrogen) atoms. The quantitative estimate of drug-likeness (QED) is 0.133. The molecule has 0 radical (unpaired) electrons. The van der Waals surface area contributed by atoms with Crippen LogP contribution in [0, 0.1) is 0 Å². The van der Waals surface area contributed by atoms with Crippen molar-refractivity contribution in [2.45, 2.75) is 19.3 Å². The Hall–Kier alpha value is -4.20. The number of phenolic OH excluding ortho intramolecular Hbond substituents is 2. The van der Waals surface area contributed by atoms with Crippen LogP contribution >= 0.6 is 0 Å². The number of phenols is 2. The monoisotopic (exact) mass is 507 g/mol. The first-order valence-electron chi connectivity index (χ1n) is 13.0. The molecule has 1 aliphatic rings. The molecule has 1 heterocycles. The number of fused-ring (bicyclic) bond motifs is 10. The van der Waals surface area contributed by atoms with E-state index >= 15 is 0 Å². The van der Waals surface area contributed by atoms with Gasteiger partial charge in [-0.2, -0.15) is 0 Å². The van der Waals surface area contributed by atoms with E-state index in [1.54, 1.807) is 24.3 Å². The highest BCUT2D eigenvalue weighted by Gasteiger charge is 2.39. The summed E-state index contributed by atoms with van der Waals surface area (Å²) in [4.78, 5) is 28.9. The van der Waals surface area contributed by atoms with E-state index in [0.29, 0.717) is 41.4 Å². The number of nitrogens with two attached hydrogens (primary N) is 1. The van der Waals surface area contributed by atoms with Crippen LogP contribution in [0.2, 0.25) is 0 Å². The lowest BCUT2D eigenvalue weighted by molar-refractivity contribution is 0.0653. The van der Waals surface area contributed by atoms with Crippen LogP contribution < -0.4 is 11.1 Å². The van der Waals surface area contributed by atoms with Crippen molar-refractivity contribution in [3.05, 3.63) is 71.8 Å². The Labute approximate surface area is 219 Å². The number of unbranched alkanes of at least 4 members (excludes halogenated alkanes) is 1. The number of amides is 2. The predicted octanol–water partition coefficient (Wildman–Crippen LogP) is 5.03. The van der Waals surface area contributed by atoms with E-state index in [-0.39, 0.29) is 23.3 Å². The van der Waals surface area contributed by atoms with Gasteiger partial charge in [0.1, 0.15) is 11.5 Å². The van der Waals surface area contributed by atoms with Crippen LogP contribution in [0.3, 0.4) is 0 Å². The second kappa shape index (κ2) is 9.59. The van der Waals surface area contributed by atoms with Crippen LogP contribution in [0.25, 0.3) is 43.1 Å². The van der Waals surface area contributed by atoms with Crippen LogP contribution in [0.5, 0.6) is 11.5 Å². The second-order valence-corrected chi connectivity index (χ2v) is 9.90. The molecule has 7 heteroatoms. The van der Waals surface area contributed by atoms with Crippen molar-refractivity contribution < 1.29 is 19.8 Å². The molecule has 5 aromatic rings. The Kier molecular flexibility index (Phi) is 6.10. The normalized spacial score (nSPS) is 13.4. The molecule has 0 saturated heterocycles. The zero-order valence-electron chi connectivity index (χ0n) is 21.0. The largest absolute Gasteiger partial charge is 0.508 e. The number of carbonyl (C=O) groups excluding carboxylic acids is 2. The van der Waals surface area contributed by atoms with E-state index in [9.17, 15) is 19.8 Å². The van der Waals surface area contributed by atoms with Crippen molar-refractivity contribution in [2.24, 2.45) is 5.73 Å². The molecule has 6 rings (SSSR count). The standard InChI is InChI=1S/C31H29N3O4/c32-12-3-14-33-13-1-2-15-34-30(37)28-22-10-6-18-4-8-20(35)16-24(18)26(22)27-23(29(28)31(34)38)11-7-19-5-9-21(36)17-25(19)27/h4-11,16-17,33,35-36H,1-3,12-15,32H2. The summed E-state index contributed by atoms with van der Waals surface area (Å²) in [7, 11) is 0. The summed E-state index contributed by atoms with van der Waals surface area (Å²) >= 11 is 0. The first kappa shape index (κ1) is 24.2. The van der Waals surface area contributed by atoms with Crippen molar-refractivity contribution in [1.82, 2.24) is 10.2 Å². The lowest BCUT2D eigenvalue weighted by atomic mass is 9.87. The molecule has 192 valence electrons. The van der Waals surface area contributed by atoms with E-state index < -0.39 is 0 Å². The molecular weight excluding hydrogens is 478 g/mol. The van der Waals surface area contributed by atoms with Gasteiger partial charge in [-0.15, -0.1) is 0 Å². The highest BCUT2D eigenvalue weighted by molar-refractivity contribution is 6.39. The minimum absolute atomic E-state index is 0.117. The van der Waals surface area contributed by atoms with E-state index in [1.807, 2.05) is 36.4 Å². The summed E-state index contributed by atoms with van der Waals surface area (Å²) in [6.45, 7) is 2.65.